The van der Waals surface area contributed by atoms with Gasteiger partial charge in [-0.25, -0.2) is 4.79 Å². The van der Waals surface area contributed by atoms with Crippen LogP contribution in [0.5, 0.6) is 5.75 Å². The largest absolute Gasteiger partial charge is 0.496 e. The zero-order chi connectivity index (χ0) is 24.7. The first kappa shape index (κ1) is 25.3. The highest BCUT2D eigenvalue weighted by Gasteiger charge is 2.21. The van der Waals surface area contributed by atoms with Crippen molar-refractivity contribution in [3.63, 3.8) is 0 Å². The fourth-order valence-corrected chi connectivity index (χ4v) is 3.69. The maximum Gasteiger partial charge on any atom is 0.333 e. The van der Waals surface area contributed by atoms with Gasteiger partial charge in [0.2, 0.25) is 0 Å². The van der Waals surface area contributed by atoms with Crippen molar-refractivity contribution in [3.8, 4) is 16.9 Å². The number of nitrogens with one attached hydrogen (secondary N) is 1. The third-order valence-electron chi connectivity index (χ3n) is 5.24. The van der Waals surface area contributed by atoms with Crippen LogP contribution in [0.25, 0.3) is 11.1 Å². The van der Waals surface area contributed by atoms with Crippen LogP contribution < -0.4 is 10.1 Å². The van der Waals surface area contributed by atoms with Gasteiger partial charge in [0.25, 0.3) is 5.91 Å². The van der Waals surface area contributed by atoms with Crippen LogP contribution in [0.3, 0.4) is 0 Å². The van der Waals surface area contributed by atoms with Crippen LogP contribution in [0.2, 0.25) is 5.02 Å². The molecule has 0 spiro atoms. The van der Waals surface area contributed by atoms with Crippen molar-refractivity contribution in [3.05, 3.63) is 88.4 Å². The van der Waals surface area contributed by atoms with E-state index in [1.807, 2.05) is 42.5 Å². The molecule has 0 radical (unpaired) electrons. The number of carboxylic acids is 1. The van der Waals surface area contributed by atoms with Crippen molar-refractivity contribution in [1.29, 1.82) is 0 Å². The van der Waals surface area contributed by atoms with Gasteiger partial charge >= 0.3 is 5.97 Å². The molecule has 3 rings (SSSR count). The number of benzene rings is 3. The lowest BCUT2D eigenvalue weighted by Gasteiger charge is -2.18. The summed E-state index contributed by atoms with van der Waals surface area (Å²) < 4.78 is 10.9. The van der Waals surface area contributed by atoms with E-state index in [-0.39, 0.29) is 25.0 Å². The lowest BCUT2D eigenvalue weighted by molar-refractivity contribution is -0.153. The van der Waals surface area contributed by atoms with Gasteiger partial charge in [0.05, 0.1) is 13.2 Å². The molecule has 34 heavy (non-hydrogen) atoms. The van der Waals surface area contributed by atoms with E-state index in [0.717, 1.165) is 22.3 Å². The second-order valence-electron chi connectivity index (χ2n) is 8.13. The van der Waals surface area contributed by atoms with Gasteiger partial charge in [-0.15, -0.1) is 0 Å². The summed E-state index contributed by atoms with van der Waals surface area (Å²) in [5, 5.41) is 13.0. The number of carbonyl (C=O) groups is 2. The van der Waals surface area contributed by atoms with Crippen LogP contribution in [0.4, 0.5) is 0 Å². The molecule has 1 atom stereocenters. The Morgan fingerprint density at radius 2 is 1.59 bits per heavy atom. The quantitative estimate of drug-likeness (QED) is 0.407. The molecule has 178 valence electrons. The molecule has 0 saturated carbocycles. The molecule has 0 heterocycles. The maximum absolute atomic E-state index is 12.7. The number of hydrogen-bond acceptors (Lipinski definition) is 4. The van der Waals surface area contributed by atoms with E-state index in [0.29, 0.717) is 16.3 Å². The van der Waals surface area contributed by atoms with E-state index in [9.17, 15) is 14.7 Å². The Morgan fingerprint density at radius 1 is 0.971 bits per heavy atom. The molecule has 3 aromatic rings. The fraction of sp³-hybridized carbons (Fsp3) is 0.259. The Morgan fingerprint density at radius 3 is 2.15 bits per heavy atom. The third kappa shape index (κ3) is 6.83. The van der Waals surface area contributed by atoms with Gasteiger partial charge in [-0.2, -0.15) is 0 Å². The molecule has 6 nitrogen and oxygen atoms in total. The van der Waals surface area contributed by atoms with Gasteiger partial charge in [0.15, 0.2) is 6.10 Å². The molecule has 1 unspecified atom stereocenters. The van der Waals surface area contributed by atoms with E-state index in [4.69, 9.17) is 21.1 Å². The van der Waals surface area contributed by atoms with Crippen LogP contribution in [0, 0.1) is 0 Å². The van der Waals surface area contributed by atoms with Crippen LogP contribution >= 0.6 is 11.6 Å². The first-order valence-electron chi connectivity index (χ1n) is 10.9. The molecule has 0 aliphatic heterocycles. The van der Waals surface area contributed by atoms with E-state index >= 15 is 0 Å². The molecule has 0 aromatic heterocycles. The number of carbonyl (C=O) groups excluding carboxylic acids is 1. The van der Waals surface area contributed by atoms with Gasteiger partial charge < -0.3 is 19.9 Å². The van der Waals surface area contributed by atoms with Crippen LogP contribution in [-0.2, 0) is 22.5 Å². The summed E-state index contributed by atoms with van der Waals surface area (Å²) in [6.45, 7) is 3.83. The number of rotatable bonds is 10. The van der Waals surface area contributed by atoms with Crippen LogP contribution in [-0.4, -0.2) is 36.3 Å². The highest BCUT2D eigenvalue weighted by atomic mass is 35.5. The number of methoxy groups -OCH3 is 1. The van der Waals surface area contributed by atoms with Crippen molar-refractivity contribution in [1.82, 2.24) is 5.32 Å². The number of hydrogen-bond donors (Lipinski definition) is 2. The Bertz CT molecular complexity index is 1130. The molecule has 1 amide bonds. The zero-order valence-electron chi connectivity index (χ0n) is 19.4. The van der Waals surface area contributed by atoms with Gasteiger partial charge in [-0.05, 0) is 60.9 Å². The van der Waals surface area contributed by atoms with Crippen LogP contribution in [0.15, 0.2) is 66.7 Å². The lowest BCUT2D eigenvalue weighted by atomic mass is 10.0. The van der Waals surface area contributed by atoms with Crippen molar-refractivity contribution in [2.75, 3.05) is 7.11 Å². The molecule has 0 saturated heterocycles. The van der Waals surface area contributed by atoms with Crippen molar-refractivity contribution < 1.29 is 24.2 Å². The van der Waals surface area contributed by atoms with Crippen molar-refractivity contribution in [2.24, 2.45) is 0 Å². The van der Waals surface area contributed by atoms with E-state index in [1.165, 1.54) is 0 Å². The predicted molar refractivity (Wildman–Crippen MR) is 132 cm³/mol. The number of amides is 1. The predicted octanol–water partition coefficient (Wildman–Crippen LogP) is 5.37. The highest BCUT2D eigenvalue weighted by molar-refractivity contribution is 6.30. The first-order valence-corrected chi connectivity index (χ1v) is 11.3. The number of ether oxygens (including phenoxy) is 2. The second kappa shape index (κ2) is 11.7. The van der Waals surface area contributed by atoms with Gasteiger partial charge in [-0.3, -0.25) is 4.79 Å². The Labute approximate surface area is 204 Å². The standard InChI is InChI=1S/C27H28ClNO5/c1-17(2)34-25(27(31)32)15-18-4-13-24(33-3)22(14-18)16-29-26(30)21-7-5-19(6-8-21)20-9-11-23(28)12-10-20/h4-14,17,25H,15-16H2,1-3H3,(H,29,30)(H,31,32). The zero-order valence-corrected chi connectivity index (χ0v) is 20.1. The normalized spacial score (nSPS) is 11.8. The molecule has 2 N–H and O–H groups in total. The third-order valence-corrected chi connectivity index (χ3v) is 5.49. The summed E-state index contributed by atoms with van der Waals surface area (Å²) in [6, 6.07) is 20.2. The van der Waals surface area contributed by atoms with Crippen molar-refractivity contribution >= 4 is 23.5 Å². The van der Waals surface area contributed by atoms with Gasteiger partial charge in [-0.1, -0.05) is 48.0 Å². The molecule has 7 heteroatoms. The molecule has 3 aromatic carbocycles. The lowest BCUT2D eigenvalue weighted by Crippen LogP contribution is -2.29. The SMILES string of the molecule is COc1ccc(CC(OC(C)C)C(=O)O)cc1CNC(=O)c1ccc(-c2ccc(Cl)cc2)cc1. The summed E-state index contributed by atoms with van der Waals surface area (Å²) in [6.07, 6.45) is -0.941. The Hall–Kier alpha value is -3.35. The smallest absolute Gasteiger partial charge is 0.333 e. The van der Waals surface area contributed by atoms with E-state index < -0.39 is 12.1 Å². The first-order chi connectivity index (χ1) is 16.3. The summed E-state index contributed by atoms with van der Waals surface area (Å²) in [7, 11) is 1.55. The molecular formula is C27H28ClNO5. The summed E-state index contributed by atoms with van der Waals surface area (Å²) >= 11 is 5.95. The van der Waals surface area contributed by atoms with Crippen molar-refractivity contribution in [2.45, 2.75) is 39.0 Å². The Balaban J connectivity index is 1.68. The second-order valence-corrected chi connectivity index (χ2v) is 8.57. The molecule has 0 fully saturated rings. The molecule has 0 bridgehead atoms. The van der Waals surface area contributed by atoms with E-state index in [1.54, 1.807) is 45.2 Å². The monoisotopic (exact) mass is 481 g/mol. The fourth-order valence-electron chi connectivity index (χ4n) is 3.57. The molecule has 0 aliphatic rings. The summed E-state index contributed by atoms with van der Waals surface area (Å²) in [5.41, 5.74) is 4.06. The number of aliphatic carboxylic acids is 1. The molecule has 0 aliphatic carbocycles. The average molecular weight is 482 g/mol. The minimum absolute atomic E-state index is 0.204. The highest BCUT2D eigenvalue weighted by Crippen LogP contribution is 2.23. The average Bonchev–Trinajstić information content (AvgIpc) is 2.82. The van der Waals surface area contributed by atoms with Crippen LogP contribution in [0.1, 0.15) is 35.3 Å². The maximum atomic E-state index is 12.7. The van der Waals surface area contributed by atoms with Gasteiger partial charge in [0.1, 0.15) is 5.75 Å². The topological polar surface area (TPSA) is 84.9 Å². The molecular weight excluding hydrogens is 454 g/mol. The minimum atomic E-state index is -1.01. The minimum Gasteiger partial charge on any atom is -0.496 e. The van der Waals surface area contributed by atoms with Gasteiger partial charge in [0, 0.05) is 29.1 Å². The number of halogens is 1. The summed E-state index contributed by atoms with van der Waals surface area (Å²) in [5.74, 6) is -0.623. The summed E-state index contributed by atoms with van der Waals surface area (Å²) in [4.78, 5) is 24.3. The number of carboxylic acid groups (broad SMARTS) is 1. The Kier molecular flexibility index (Phi) is 8.68. The van der Waals surface area contributed by atoms with E-state index in [2.05, 4.69) is 5.32 Å².